The highest BCUT2D eigenvalue weighted by atomic mass is 35.5. The van der Waals surface area contributed by atoms with Gasteiger partial charge in [0.15, 0.2) is 6.10 Å². The zero-order valence-electron chi connectivity index (χ0n) is 17.1. The molecule has 32 heavy (non-hydrogen) atoms. The minimum atomic E-state index is -3.77. The van der Waals surface area contributed by atoms with E-state index in [0.29, 0.717) is 5.56 Å². The molecule has 1 unspecified atom stereocenters. The third kappa shape index (κ3) is 5.61. The molecule has 0 saturated heterocycles. The number of halogens is 1. The van der Waals surface area contributed by atoms with Gasteiger partial charge in [0.05, 0.1) is 26.1 Å². The molecule has 10 nitrogen and oxygen atoms in total. The summed E-state index contributed by atoms with van der Waals surface area (Å²) in [5.41, 5.74) is 0.359. The minimum absolute atomic E-state index is 0.0108. The van der Waals surface area contributed by atoms with E-state index in [1.54, 1.807) is 6.92 Å². The first-order valence-corrected chi connectivity index (χ1v) is 11.4. The monoisotopic (exact) mass is 481 g/mol. The summed E-state index contributed by atoms with van der Waals surface area (Å²) in [6.45, 7) is 2.94. The predicted octanol–water partition coefficient (Wildman–Crippen LogP) is 3.18. The van der Waals surface area contributed by atoms with Gasteiger partial charge in [-0.25, -0.2) is 17.9 Å². The second-order valence-corrected chi connectivity index (χ2v) is 9.45. The average Bonchev–Trinajstić information content (AvgIpc) is 3.52. The van der Waals surface area contributed by atoms with Crippen molar-refractivity contribution in [3.8, 4) is 0 Å². The molecular weight excluding hydrogens is 462 g/mol. The van der Waals surface area contributed by atoms with Crippen LogP contribution in [0.1, 0.15) is 35.7 Å². The molecule has 1 aliphatic carbocycles. The highest BCUT2D eigenvalue weighted by Gasteiger charge is 2.29. The first-order valence-electron chi connectivity index (χ1n) is 9.56. The minimum Gasteiger partial charge on any atom is -0.449 e. The van der Waals surface area contributed by atoms with Crippen LogP contribution in [0, 0.1) is 17.0 Å². The van der Waals surface area contributed by atoms with E-state index in [9.17, 15) is 28.1 Å². The summed E-state index contributed by atoms with van der Waals surface area (Å²) in [5.74, 6) is -1.59. The predicted molar refractivity (Wildman–Crippen MR) is 116 cm³/mol. The fourth-order valence-corrected chi connectivity index (χ4v) is 4.26. The standard InChI is InChI=1S/C20H20ClN3O7S/c1-11-3-7-15(32(29,30)23-13-4-5-13)10-16(11)20(26)31-12(2)19(25)22-18-8-6-14(24(27)28)9-17(18)21/h3,6-10,12-13,23H,4-5H2,1-2H3,(H,22,25). The van der Waals surface area contributed by atoms with Crippen LogP contribution in [0.3, 0.4) is 0 Å². The third-order valence-corrected chi connectivity index (χ3v) is 6.54. The lowest BCUT2D eigenvalue weighted by molar-refractivity contribution is -0.384. The molecule has 1 aliphatic rings. The van der Waals surface area contributed by atoms with Gasteiger partial charge in [-0.3, -0.25) is 14.9 Å². The zero-order valence-corrected chi connectivity index (χ0v) is 18.7. The number of hydrogen-bond donors (Lipinski definition) is 2. The van der Waals surface area contributed by atoms with Crippen LogP contribution in [0.25, 0.3) is 0 Å². The number of rotatable bonds is 8. The first-order chi connectivity index (χ1) is 15.0. The van der Waals surface area contributed by atoms with Crippen LogP contribution >= 0.6 is 11.6 Å². The Morgan fingerprint density at radius 3 is 2.50 bits per heavy atom. The number of esters is 1. The van der Waals surface area contributed by atoms with E-state index in [1.807, 2.05) is 0 Å². The maximum atomic E-state index is 12.6. The number of non-ortho nitro benzene ring substituents is 1. The summed E-state index contributed by atoms with van der Waals surface area (Å²) < 4.78 is 32.6. The highest BCUT2D eigenvalue weighted by Crippen LogP contribution is 2.27. The van der Waals surface area contributed by atoms with Gasteiger partial charge in [-0.2, -0.15) is 0 Å². The number of aryl methyl sites for hydroxylation is 1. The Bertz CT molecular complexity index is 1200. The lowest BCUT2D eigenvalue weighted by atomic mass is 10.1. The normalized spacial score (nSPS) is 14.5. The largest absolute Gasteiger partial charge is 0.449 e. The van der Waals surface area contributed by atoms with Crippen molar-refractivity contribution in [2.45, 2.75) is 43.7 Å². The summed E-state index contributed by atoms with van der Waals surface area (Å²) >= 11 is 5.96. The Morgan fingerprint density at radius 1 is 1.22 bits per heavy atom. The number of ether oxygens (including phenoxy) is 1. The number of nitro benzene ring substituents is 1. The summed E-state index contributed by atoms with van der Waals surface area (Å²) in [7, 11) is -3.77. The van der Waals surface area contributed by atoms with Gasteiger partial charge in [-0.05, 0) is 50.5 Å². The van der Waals surface area contributed by atoms with Gasteiger partial charge in [0.2, 0.25) is 10.0 Å². The van der Waals surface area contributed by atoms with Crippen molar-refractivity contribution in [2.75, 3.05) is 5.32 Å². The van der Waals surface area contributed by atoms with Crippen molar-refractivity contribution in [2.24, 2.45) is 0 Å². The number of carbonyl (C=O) groups excluding carboxylic acids is 2. The molecule has 2 aromatic rings. The molecule has 1 atom stereocenters. The molecule has 0 radical (unpaired) electrons. The number of amides is 1. The molecule has 1 saturated carbocycles. The number of carbonyl (C=O) groups is 2. The summed E-state index contributed by atoms with van der Waals surface area (Å²) in [4.78, 5) is 35.1. The quantitative estimate of drug-likeness (QED) is 0.334. The lowest BCUT2D eigenvalue weighted by Gasteiger charge is -2.15. The summed E-state index contributed by atoms with van der Waals surface area (Å²) in [6, 6.07) is 7.51. The summed E-state index contributed by atoms with van der Waals surface area (Å²) in [5, 5.41) is 13.2. The molecule has 2 N–H and O–H groups in total. The zero-order chi connectivity index (χ0) is 23.6. The second kappa shape index (κ2) is 9.23. The van der Waals surface area contributed by atoms with Crippen molar-refractivity contribution in [1.29, 1.82) is 0 Å². The number of benzene rings is 2. The number of anilines is 1. The van der Waals surface area contributed by atoms with E-state index in [4.69, 9.17) is 16.3 Å². The molecular formula is C20H20ClN3O7S. The maximum Gasteiger partial charge on any atom is 0.339 e. The molecule has 12 heteroatoms. The van der Waals surface area contributed by atoms with Crippen molar-refractivity contribution >= 4 is 44.9 Å². The van der Waals surface area contributed by atoms with Gasteiger partial charge in [0.25, 0.3) is 11.6 Å². The molecule has 0 aliphatic heterocycles. The Morgan fingerprint density at radius 2 is 1.91 bits per heavy atom. The van der Waals surface area contributed by atoms with Crippen molar-refractivity contribution in [1.82, 2.24) is 4.72 Å². The molecule has 3 rings (SSSR count). The number of nitrogens with zero attached hydrogens (tertiary/aromatic N) is 1. The fraction of sp³-hybridized carbons (Fsp3) is 0.300. The number of hydrogen-bond acceptors (Lipinski definition) is 7. The van der Waals surface area contributed by atoms with E-state index in [-0.39, 0.29) is 32.9 Å². The second-order valence-electron chi connectivity index (χ2n) is 7.33. The highest BCUT2D eigenvalue weighted by molar-refractivity contribution is 7.89. The Labute approximate surface area is 189 Å². The Kier molecular flexibility index (Phi) is 6.82. The van der Waals surface area contributed by atoms with Crippen LogP contribution in [0.5, 0.6) is 0 Å². The van der Waals surface area contributed by atoms with Gasteiger partial charge in [0, 0.05) is 18.2 Å². The van der Waals surface area contributed by atoms with Crippen LogP contribution in [0.4, 0.5) is 11.4 Å². The van der Waals surface area contributed by atoms with Crippen molar-refractivity contribution in [3.63, 3.8) is 0 Å². The molecule has 2 aromatic carbocycles. The first kappa shape index (κ1) is 23.6. The van der Waals surface area contributed by atoms with Gasteiger partial charge in [-0.1, -0.05) is 17.7 Å². The molecule has 0 bridgehead atoms. The van der Waals surface area contributed by atoms with Crippen LogP contribution in [-0.2, 0) is 19.6 Å². The molecule has 0 heterocycles. The molecule has 0 spiro atoms. The van der Waals surface area contributed by atoms with Gasteiger partial charge in [-0.15, -0.1) is 0 Å². The molecule has 1 amide bonds. The van der Waals surface area contributed by atoms with E-state index in [2.05, 4.69) is 10.0 Å². The van der Waals surface area contributed by atoms with Crippen LogP contribution in [0.15, 0.2) is 41.3 Å². The van der Waals surface area contributed by atoms with Crippen LogP contribution in [0.2, 0.25) is 5.02 Å². The number of nitrogens with one attached hydrogen (secondary N) is 2. The Balaban J connectivity index is 1.70. The topological polar surface area (TPSA) is 145 Å². The third-order valence-electron chi connectivity index (χ3n) is 4.71. The molecule has 170 valence electrons. The average molecular weight is 482 g/mol. The van der Waals surface area contributed by atoms with Gasteiger partial charge in [0.1, 0.15) is 0 Å². The molecule has 1 fully saturated rings. The maximum absolute atomic E-state index is 12.6. The van der Waals surface area contributed by atoms with E-state index in [0.717, 1.165) is 18.9 Å². The number of sulfonamides is 1. The fourth-order valence-electron chi connectivity index (χ4n) is 2.71. The lowest BCUT2D eigenvalue weighted by Crippen LogP contribution is -2.30. The Hall–Kier alpha value is -3.02. The van der Waals surface area contributed by atoms with Gasteiger partial charge >= 0.3 is 5.97 Å². The summed E-state index contributed by atoms with van der Waals surface area (Å²) in [6.07, 6.45) is 0.287. The van der Waals surface area contributed by atoms with Crippen molar-refractivity contribution in [3.05, 3.63) is 62.7 Å². The van der Waals surface area contributed by atoms with E-state index in [1.165, 1.54) is 37.3 Å². The van der Waals surface area contributed by atoms with Crippen LogP contribution in [-0.4, -0.2) is 37.4 Å². The van der Waals surface area contributed by atoms with Crippen LogP contribution < -0.4 is 10.0 Å². The van der Waals surface area contributed by atoms with Crippen molar-refractivity contribution < 1.29 is 27.7 Å². The smallest absolute Gasteiger partial charge is 0.339 e. The van der Waals surface area contributed by atoms with Gasteiger partial charge < -0.3 is 10.1 Å². The molecule has 0 aromatic heterocycles. The SMILES string of the molecule is Cc1ccc(S(=O)(=O)NC2CC2)cc1C(=O)OC(C)C(=O)Nc1ccc([N+](=O)[O-])cc1Cl. The van der Waals surface area contributed by atoms with E-state index >= 15 is 0 Å². The van der Waals surface area contributed by atoms with E-state index < -0.39 is 32.9 Å². The number of nitro groups is 1.